The van der Waals surface area contributed by atoms with Crippen molar-refractivity contribution in [3.05, 3.63) is 64.1 Å². The number of amides is 1. The van der Waals surface area contributed by atoms with E-state index in [1.54, 1.807) is 24.3 Å². The van der Waals surface area contributed by atoms with Crippen LogP contribution in [0.5, 0.6) is 0 Å². The van der Waals surface area contributed by atoms with Crippen molar-refractivity contribution in [1.82, 2.24) is 5.32 Å². The fraction of sp³-hybridized carbons (Fsp3) is 0.350. The van der Waals surface area contributed by atoms with Crippen molar-refractivity contribution in [2.24, 2.45) is 0 Å². The number of halogens is 1. The quantitative estimate of drug-likeness (QED) is 0.518. The number of hydrogen-bond acceptors (Lipinski definition) is 4. The summed E-state index contributed by atoms with van der Waals surface area (Å²) in [6.45, 7) is 2.37. The van der Waals surface area contributed by atoms with E-state index in [2.05, 4.69) is 52.4 Å². The summed E-state index contributed by atoms with van der Waals surface area (Å²) in [7, 11) is -3.56. The molecule has 0 aliphatic rings. The Morgan fingerprint density at radius 1 is 1.18 bits per heavy atom. The summed E-state index contributed by atoms with van der Waals surface area (Å²) in [5, 5.41) is 2.81. The van der Waals surface area contributed by atoms with Crippen LogP contribution in [0.25, 0.3) is 0 Å². The molecule has 2 aromatic rings. The zero-order valence-electron chi connectivity index (χ0n) is 16.0. The lowest BCUT2D eigenvalue weighted by atomic mass is 10.2. The van der Waals surface area contributed by atoms with Gasteiger partial charge >= 0.3 is 0 Å². The molecule has 1 amide bonds. The van der Waals surface area contributed by atoms with Gasteiger partial charge in [0.05, 0.1) is 11.9 Å². The summed E-state index contributed by atoms with van der Waals surface area (Å²) in [6, 6.07) is 15.3. The van der Waals surface area contributed by atoms with Gasteiger partial charge in [-0.05, 0) is 42.9 Å². The van der Waals surface area contributed by atoms with E-state index < -0.39 is 10.0 Å². The highest BCUT2D eigenvalue weighted by molar-refractivity contribution is 9.10. The van der Waals surface area contributed by atoms with E-state index in [4.69, 9.17) is 0 Å². The molecule has 0 heterocycles. The van der Waals surface area contributed by atoms with Gasteiger partial charge in [0, 0.05) is 16.8 Å². The number of carbonyl (C=O) groups is 1. The van der Waals surface area contributed by atoms with E-state index in [-0.39, 0.29) is 12.5 Å². The lowest BCUT2D eigenvalue weighted by molar-refractivity contribution is -0.119. The van der Waals surface area contributed by atoms with E-state index in [0.717, 1.165) is 33.0 Å². The monoisotopic (exact) mass is 484 g/mol. The van der Waals surface area contributed by atoms with E-state index in [1.165, 1.54) is 11.1 Å². The summed E-state index contributed by atoms with van der Waals surface area (Å²) in [5.41, 5.74) is 3.01. The summed E-state index contributed by atoms with van der Waals surface area (Å²) in [4.78, 5) is 12.2. The van der Waals surface area contributed by atoms with Gasteiger partial charge in [-0.2, -0.15) is 11.8 Å². The number of carbonyl (C=O) groups excluding carboxylic acids is 1. The zero-order valence-corrected chi connectivity index (χ0v) is 19.2. The molecule has 8 heteroatoms. The molecule has 0 saturated heterocycles. The predicted molar refractivity (Wildman–Crippen MR) is 121 cm³/mol. The number of benzene rings is 2. The number of anilines is 1. The molecule has 0 aromatic heterocycles. The summed E-state index contributed by atoms with van der Waals surface area (Å²) < 4.78 is 26.0. The summed E-state index contributed by atoms with van der Waals surface area (Å²) >= 11 is 5.15. The Labute approximate surface area is 180 Å². The zero-order chi connectivity index (χ0) is 20.6. The van der Waals surface area contributed by atoms with Gasteiger partial charge in [0.2, 0.25) is 15.9 Å². The van der Waals surface area contributed by atoms with Crippen molar-refractivity contribution in [1.29, 1.82) is 0 Å². The first-order chi connectivity index (χ1) is 13.3. The maximum Gasteiger partial charge on any atom is 0.240 e. The van der Waals surface area contributed by atoms with Crippen LogP contribution in [0.4, 0.5) is 5.69 Å². The van der Waals surface area contributed by atoms with Gasteiger partial charge in [-0.25, -0.2) is 8.42 Å². The predicted octanol–water partition coefficient (Wildman–Crippen LogP) is 3.96. The lowest BCUT2D eigenvalue weighted by Crippen LogP contribution is -2.40. The Balaban J connectivity index is 1.75. The van der Waals surface area contributed by atoms with Crippen LogP contribution in [0.2, 0.25) is 0 Å². The first kappa shape index (κ1) is 22.8. The molecule has 0 fully saturated rings. The van der Waals surface area contributed by atoms with Crippen LogP contribution < -0.4 is 9.62 Å². The number of aryl methyl sites for hydroxylation is 1. The third-order valence-electron chi connectivity index (χ3n) is 3.92. The first-order valence-electron chi connectivity index (χ1n) is 8.89. The maximum atomic E-state index is 12.2. The van der Waals surface area contributed by atoms with Crippen LogP contribution in [0.1, 0.15) is 17.5 Å². The van der Waals surface area contributed by atoms with Crippen LogP contribution in [0, 0.1) is 6.92 Å². The lowest BCUT2D eigenvalue weighted by Gasteiger charge is -2.22. The average molecular weight is 485 g/mol. The van der Waals surface area contributed by atoms with E-state index in [9.17, 15) is 13.2 Å². The fourth-order valence-corrected chi connectivity index (χ4v) is 4.76. The SMILES string of the molecule is Cc1cccc(CSCCCNC(=O)CN(c2cccc(Br)c2)S(C)(=O)=O)c1. The largest absolute Gasteiger partial charge is 0.354 e. The van der Waals surface area contributed by atoms with Crippen molar-refractivity contribution >= 4 is 49.3 Å². The molecule has 0 saturated carbocycles. The number of hydrogen-bond donors (Lipinski definition) is 1. The molecule has 152 valence electrons. The molecule has 0 bridgehead atoms. The Hall–Kier alpha value is -1.51. The standard InChI is InChI=1S/C20H25BrN2O3S2/c1-16-6-3-7-17(12-16)15-27-11-5-10-22-20(24)14-23(28(2,25)26)19-9-4-8-18(21)13-19/h3-4,6-9,12-13H,5,10-11,14-15H2,1-2H3,(H,22,24). The Kier molecular flexibility index (Phi) is 8.85. The maximum absolute atomic E-state index is 12.2. The van der Waals surface area contributed by atoms with Crippen molar-refractivity contribution < 1.29 is 13.2 Å². The smallest absolute Gasteiger partial charge is 0.240 e. The Morgan fingerprint density at radius 2 is 1.93 bits per heavy atom. The van der Waals surface area contributed by atoms with Gasteiger partial charge in [0.15, 0.2) is 0 Å². The number of sulfonamides is 1. The van der Waals surface area contributed by atoms with Gasteiger partial charge in [0.1, 0.15) is 6.54 Å². The first-order valence-corrected chi connectivity index (χ1v) is 12.7. The molecule has 0 aliphatic carbocycles. The van der Waals surface area contributed by atoms with Crippen LogP contribution in [-0.2, 0) is 20.6 Å². The second-order valence-corrected chi connectivity index (χ2v) is 10.4. The normalized spacial score (nSPS) is 11.2. The van der Waals surface area contributed by atoms with E-state index in [0.29, 0.717) is 12.2 Å². The molecular weight excluding hydrogens is 460 g/mol. The number of nitrogens with one attached hydrogen (secondary N) is 1. The molecule has 2 rings (SSSR count). The molecule has 0 spiro atoms. The van der Waals surface area contributed by atoms with Crippen molar-refractivity contribution in [3.63, 3.8) is 0 Å². The third kappa shape index (κ3) is 7.85. The second kappa shape index (κ2) is 10.9. The number of thioether (sulfide) groups is 1. The summed E-state index contributed by atoms with van der Waals surface area (Å²) in [6.07, 6.45) is 1.93. The van der Waals surface area contributed by atoms with Crippen molar-refractivity contribution in [3.8, 4) is 0 Å². The van der Waals surface area contributed by atoms with Gasteiger partial charge in [-0.15, -0.1) is 0 Å². The van der Waals surface area contributed by atoms with Gasteiger partial charge in [-0.3, -0.25) is 9.10 Å². The van der Waals surface area contributed by atoms with E-state index in [1.807, 2.05) is 11.8 Å². The van der Waals surface area contributed by atoms with Crippen LogP contribution in [-0.4, -0.2) is 39.4 Å². The molecule has 5 nitrogen and oxygen atoms in total. The minimum atomic E-state index is -3.56. The highest BCUT2D eigenvalue weighted by Crippen LogP contribution is 2.21. The molecule has 0 unspecified atom stereocenters. The van der Waals surface area contributed by atoms with Crippen LogP contribution in [0.15, 0.2) is 53.0 Å². The van der Waals surface area contributed by atoms with Crippen molar-refractivity contribution in [2.75, 3.05) is 29.4 Å². The number of nitrogens with zero attached hydrogens (tertiary/aromatic N) is 1. The van der Waals surface area contributed by atoms with E-state index >= 15 is 0 Å². The fourth-order valence-electron chi connectivity index (χ4n) is 2.61. The molecule has 0 radical (unpaired) electrons. The third-order valence-corrected chi connectivity index (χ3v) is 6.67. The van der Waals surface area contributed by atoms with Gasteiger partial charge in [0.25, 0.3) is 0 Å². The van der Waals surface area contributed by atoms with Crippen LogP contribution >= 0.6 is 27.7 Å². The topological polar surface area (TPSA) is 66.5 Å². The molecule has 0 aliphatic heterocycles. The molecular formula is C20H25BrN2O3S2. The molecule has 28 heavy (non-hydrogen) atoms. The highest BCUT2D eigenvalue weighted by atomic mass is 79.9. The average Bonchev–Trinajstić information content (AvgIpc) is 2.61. The number of rotatable bonds is 10. The van der Waals surface area contributed by atoms with Gasteiger partial charge < -0.3 is 5.32 Å². The molecule has 2 aromatic carbocycles. The Bertz CT molecular complexity index is 904. The van der Waals surface area contributed by atoms with Crippen molar-refractivity contribution in [2.45, 2.75) is 19.1 Å². The minimum Gasteiger partial charge on any atom is -0.354 e. The minimum absolute atomic E-state index is 0.230. The van der Waals surface area contributed by atoms with Crippen LogP contribution in [0.3, 0.4) is 0 Å². The van der Waals surface area contributed by atoms with Gasteiger partial charge in [-0.1, -0.05) is 51.8 Å². The highest BCUT2D eigenvalue weighted by Gasteiger charge is 2.20. The molecule has 1 N–H and O–H groups in total. The molecule has 0 atom stereocenters. The summed E-state index contributed by atoms with van der Waals surface area (Å²) in [5.74, 6) is 1.56. The second-order valence-electron chi connectivity index (χ2n) is 6.49. The Morgan fingerprint density at radius 3 is 2.61 bits per heavy atom.